The summed E-state index contributed by atoms with van der Waals surface area (Å²) in [6.45, 7) is 1.93. The molecule has 0 saturated carbocycles. The van der Waals surface area contributed by atoms with Crippen molar-refractivity contribution in [3.8, 4) is 5.75 Å². The number of alkyl halides is 3. The van der Waals surface area contributed by atoms with Crippen LogP contribution in [0.2, 0.25) is 0 Å². The molecular weight excluding hydrogens is 435 g/mol. The van der Waals surface area contributed by atoms with Crippen LogP contribution >= 0.6 is 0 Å². The highest BCUT2D eigenvalue weighted by molar-refractivity contribution is 5.99. The van der Waals surface area contributed by atoms with Gasteiger partial charge in [0.25, 0.3) is 11.6 Å². The van der Waals surface area contributed by atoms with E-state index in [-0.39, 0.29) is 17.3 Å². The van der Waals surface area contributed by atoms with Crippen LogP contribution in [0, 0.1) is 10.1 Å². The minimum Gasteiger partial charge on any atom is -0.490 e. The van der Waals surface area contributed by atoms with Gasteiger partial charge in [0.1, 0.15) is 17.9 Å². The van der Waals surface area contributed by atoms with Crippen molar-refractivity contribution in [1.29, 1.82) is 0 Å². The van der Waals surface area contributed by atoms with Crippen LogP contribution in [0.5, 0.6) is 5.75 Å². The fraction of sp³-hybridized carbons (Fsp3) is 0.300. The second-order valence-corrected chi connectivity index (χ2v) is 7.09. The molecule has 2 rings (SSSR count). The Labute approximate surface area is 180 Å². The van der Waals surface area contributed by atoms with Gasteiger partial charge in [0.2, 0.25) is 5.91 Å². The molecule has 2 amide bonds. The van der Waals surface area contributed by atoms with E-state index in [0.29, 0.717) is 17.8 Å². The lowest BCUT2D eigenvalue weighted by Crippen LogP contribution is -2.49. The Morgan fingerprint density at radius 1 is 1.19 bits per heavy atom. The van der Waals surface area contributed by atoms with Crippen molar-refractivity contribution >= 4 is 28.9 Å². The van der Waals surface area contributed by atoms with E-state index in [0.717, 1.165) is 24.9 Å². The fourth-order valence-electron chi connectivity index (χ4n) is 2.72. The molecule has 0 heterocycles. The number of likely N-dealkylation sites (N-methyl/N-ethyl adjacent to an activating group) is 1. The van der Waals surface area contributed by atoms with Crippen LogP contribution in [0.3, 0.4) is 0 Å². The normalized spacial score (nSPS) is 13.1. The highest BCUT2D eigenvalue weighted by Crippen LogP contribution is 2.38. The summed E-state index contributed by atoms with van der Waals surface area (Å²) in [5, 5.41) is 24.0. The van der Waals surface area contributed by atoms with E-state index >= 15 is 0 Å². The number of amides is 2. The Hall–Kier alpha value is -3.67. The summed E-state index contributed by atoms with van der Waals surface area (Å²) in [5.41, 5.74) is -4.60. The third-order valence-electron chi connectivity index (χ3n) is 4.33. The first-order chi connectivity index (χ1) is 14.7. The van der Waals surface area contributed by atoms with Crippen LogP contribution in [0.4, 0.5) is 30.2 Å². The van der Waals surface area contributed by atoms with Crippen LogP contribution in [0.25, 0.3) is 0 Å². The number of nitro benzene ring substituents is 1. The molecule has 0 aromatic heterocycles. The molecular formula is C20H20F3N3O6. The number of nitrogens with zero attached hydrogens (tertiary/aromatic N) is 2. The minimum absolute atomic E-state index is 0.268. The summed E-state index contributed by atoms with van der Waals surface area (Å²) in [6, 6.07) is 8.13. The van der Waals surface area contributed by atoms with Crippen LogP contribution in [0.1, 0.15) is 19.4 Å². The van der Waals surface area contributed by atoms with Gasteiger partial charge in [-0.25, -0.2) is 0 Å². The molecule has 0 aliphatic carbocycles. The first-order valence-corrected chi connectivity index (χ1v) is 9.09. The fourth-order valence-corrected chi connectivity index (χ4v) is 2.72. The molecule has 0 bridgehead atoms. The number of carbonyl (C=O) groups excluding carboxylic acids is 2. The van der Waals surface area contributed by atoms with E-state index in [1.807, 2.05) is 0 Å². The Bertz CT molecular complexity index is 1020. The standard InChI is InChI=1S/C20H20F3N3O6/c1-12(27)24-13-4-7-15(8-5-13)32-11-19(2,29)18(28)25(3)14-6-9-17(26(30)31)16(10-14)20(21,22)23/h4-10,29H,11H2,1-3H3,(H,24,27)/t19-/m0/s1. The van der Waals surface area contributed by atoms with Gasteiger partial charge in [-0.05, 0) is 43.3 Å². The number of aliphatic hydroxyl groups is 1. The number of carbonyl (C=O) groups is 2. The molecule has 0 aliphatic heterocycles. The summed E-state index contributed by atoms with van der Waals surface area (Å²) in [4.78, 5) is 34.2. The van der Waals surface area contributed by atoms with Crippen LogP contribution in [-0.2, 0) is 15.8 Å². The molecule has 2 aromatic rings. The first kappa shape index (κ1) is 24.6. The lowest BCUT2D eigenvalue weighted by atomic mass is 10.1. The van der Waals surface area contributed by atoms with Crippen molar-refractivity contribution in [1.82, 2.24) is 0 Å². The summed E-state index contributed by atoms with van der Waals surface area (Å²) in [7, 11) is 1.13. The van der Waals surface area contributed by atoms with Gasteiger partial charge in [-0.15, -0.1) is 0 Å². The maximum Gasteiger partial charge on any atom is 0.423 e. The number of anilines is 2. The number of benzene rings is 2. The van der Waals surface area contributed by atoms with E-state index in [1.54, 1.807) is 0 Å². The number of nitrogens with one attached hydrogen (secondary N) is 1. The predicted molar refractivity (Wildman–Crippen MR) is 108 cm³/mol. The number of hydrogen-bond donors (Lipinski definition) is 2. The monoisotopic (exact) mass is 455 g/mol. The summed E-state index contributed by atoms with van der Waals surface area (Å²) >= 11 is 0. The molecule has 12 heteroatoms. The van der Waals surface area contributed by atoms with Gasteiger partial charge >= 0.3 is 6.18 Å². The van der Waals surface area contributed by atoms with Crippen molar-refractivity contribution in [2.24, 2.45) is 0 Å². The Balaban J connectivity index is 2.16. The average Bonchev–Trinajstić information content (AvgIpc) is 2.70. The Morgan fingerprint density at radius 3 is 2.28 bits per heavy atom. The number of rotatable bonds is 7. The highest BCUT2D eigenvalue weighted by atomic mass is 19.4. The van der Waals surface area contributed by atoms with Gasteiger partial charge in [0.05, 0.1) is 4.92 Å². The highest BCUT2D eigenvalue weighted by Gasteiger charge is 2.40. The average molecular weight is 455 g/mol. The quantitative estimate of drug-likeness (QED) is 0.488. The lowest BCUT2D eigenvalue weighted by molar-refractivity contribution is -0.388. The van der Waals surface area contributed by atoms with E-state index in [9.17, 15) is 38.0 Å². The van der Waals surface area contributed by atoms with E-state index in [1.165, 1.54) is 31.2 Å². The second-order valence-electron chi connectivity index (χ2n) is 7.09. The zero-order valence-corrected chi connectivity index (χ0v) is 17.3. The summed E-state index contributed by atoms with van der Waals surface area (Å²) in [5.74, 6) is -0.992. The smallest absolute Gasteiger partial charge is 0.423 e. The van der Waals surface area contributed by atoms with Crippen molar-refractivity contribution in [2.45, 2.75) is 25.6 Å². The summed E-state index contributed by atoms with van der Waals surface area (Å²) in [6.07, 6.45) is -5.02. The molecule has 0 unspecified atom stereocenters. The maximum absolute atomic E-state index is 13.2. The van der Waals surface area contributed by atoms with Gasteiger partial charge in [-0.2, -0.15) is 13.2 Å². The third kappa shape index (κ3) is 5.94. The van der Waals surface area contributed by atoms with E-state index in [2.05, 4.69) is 5.32 Å². The van der Waals surface area contributed by atoms with Crippen molar-refractivity contribution < 1.29 is 37.5 Å². The predicted octanol–water partition coefficient (Wildman–Crippen LogP) is 3.36. The van der Waals surface area contributed by atoms with Crippen LogP contribution < -0.4 is 15.0 Å². The van der Waals surface area contributed by atoms with Gasteiger partial charge in [-0.3, -0.25) is 19.7 Å². The minimum atomic E-state index is -5.02. The molecule has 0 saturated heterocycles. The molecule has 172 valence electrons. The Morgan fingerprint density at radius 2 is 1.78 bits per heavy atom. The summed E-state index contributed by atoms with van der Waals surface area (Å²) < 4.78 is 45.0. The zero-order valence-electron chi connectivity index (χ0n) is 17.3. The molecule has 0 spiro atoms. The molecule has 0 fully saturated rings. The van der Waals surface area contributed by atoms with Gasteiger partial charge in [0, 0.05) is 31.4 Å². The van der Waals surface area contributed by atoms with Gasteiger partial charge in [0.15, 0.2) is 5.60 Å². The number of nitro groups is 1. The molecule has 2 aromatic carbocycles. The number of hydrogen-bond acceptors (Lipinski definition) is 6. The van der Waals surface area contributed by atoms with E-state index < -0.39 is 40.5 Å². The molecule has 0 aliphatic rings. The van der Waals surface area contributed by atoms with Crippen molar-refractivity contribution in [3.05, 3.63) is 58.1 Å². The van der Waals surface area contributed by atoms with Crippen LogP contribution in [0.15, 0.2) is 42.5 Å². The zero-order chi connectivity index (χ0) is 24.3. The second kappa shape index (κ2) is 9.22. The Kier molecular flexibility index (Phi) is 7.09. The number of halogens is 3. The van der Waals surface area contributed by atoms with Gasteiger partial charge < -0.3 is 20.1 Å². The van der Waals surface area contributed by atoms with Crippen molar-refractivity contribution in [2.75, 3.05) is 23.9 Å². The molecule has 2 N–H and O–H groups in total. The molecule has 0 radical (unpaired) electrons. The van der Waals surface area contributed by atoms with E-state index in [4.69, 9.17) is 4.74 Å². The maximum atomic E-state index is 13.2. The largest absolute Gasteiger partial charge is 0.490 e. The van der Waals surface area contributed by atoms with Gasteiger partial charge in [-0.1, -0.05) is 0 Å². The molecule has 1 atom stereocenters. The SMILES string of the molecule is CC(=O)Nc1ccc(OC[C@](C)(O)C(=O)N(C)c2ccc([N+](=O)[O-])c(C(F)(F)F)c2)cc1. The molecule has 32 heavy (non-hydrogen) atoms. The first-order valence-electron chi connectivity index (χ1n) is 9.09. The third-order valence-corrected chi connectivity index (χ3v) is 4.33. The molecule has 9 nitrogen and oxygen atoms in total. The van der Waals surface area contributed by atoms with Crippen molar-refractivity contribution in [3.63, 3.8) is 0 Å². The number of ether oxygens (including phenoxy) is 1. The topological polar surface area (TPSA) is 122 Å². The lowest BCUT2D eigenvalue weighted by Gasteiger charge is -2.28. The van der Waals surface area contributed by atoms with Crippen LogP contribution in [-0.4, -0.2) is 41.1 Å².